The number of aryl methyl sites for hydroxylation is 3. The van der Waals surface area contributed by atoms with Gasteiger partial charge in [-0.05, 0) is 48.9 Å². The third-order valence-electron chi connectivity index (χ3n) is 3.14. The van der Waals surface area contributed by atoms with Gasteiger partial charge < -0.3 is 0 Å². The van der Waals surface area contributed by atoms with Gasteiger partial charge in [-0.2, -0.15) is 0 Å². The van der Waals surface area contributed by atoms with Crippen LogP contribution in [0.25, 0.3) is 0 Å². The van der Waals surface area contributed by atoms with E-state index in [1.807, 2.05) is 11.3 Å². The number of rotatable bonds is 0. The summed E-state index contributed by atoms with van der Waals surface area (Å²) in [6.07, 6.45) is 3.57. The van der Waals surface area contributed by atoms with Crippen molar-refractivity contribution in [2.75, 3.05) is 0 Å². The lowest BCUT2D eigenvalue weighted by molar-refractivity contribution is 0.984. The van der Waals surface area contributed by atoms with Crippen LogP contribution in [0.4, 0.5) is 0 Å². The molecule has 0 aliphatic heterocycles. The van der Waals surface area contributed by atoms with Gasteiger partial charge >= 0.3 is 0 Å². The second-order valence-corrected chi connectivity index (χ2v) is 5.59. The molecule has 3 rings (SSSR count). The van der Waals surface area contributed by atoms with E-state index in [1.165, 1.54) is 23.3 Å². The van der Waals surface area contributed by atoms with Crippen LogP contribution in [0, 0.1) is 6.92 Å². The summed E-state index contributed by atoms with van der Waals surface area (Å²) in [6.45, 7) is 2.21. The third kappa shape index (κ3) is 1.61. The Balaban J connectivity index is 2.08. The highest BCUT2D eigenvalue weighted by Gasteiger charge is 2.14. The predicted molar refractivity (Wildman–Crippen MR) is 65.7 cm³/mol. The highest BCUT2D eigenvalue weighted by atomic mass is 32.1. The number of hydrogen-bond donors (Lipinski definition) is 0. The Morgan fingerprint density at radius 1 is 1.00 bits per heavy atom. The molecule has 0 bridgehead atoms. The van der Waals surface area contributed by atoms with Crippen molar-refractivity contribution in [3.8, 4) is 0 Å². The minimum absolute atomic E-state index is 1.13. The molecular formula is C14H14S. The number of hydrogen-bond acceptors (Lipinski definition) is 1. The molecule has 0 fully saturated rings. The van der Waals surface area contributed by atoms with Gasteiger partial charge in [0.25, 0.3) is 0 Å². The molecule has 1 aromatic heterocycles. The molecule has 76 valence electrons. The van der Waals surface area contributed by atoms with Crippen LogP contribution in [-0.2, 0) is 19.3 Å². The Morgan fingerprint density at radius 3 is 2.67 bits per heavy atom. The standard InChI is InChI=1S/C14H14S/c1-10-8-13-9-12-5-3-2-4-11(12)6-7-14(13)15-10/h2-5,8H,6-7,9H2,1H3. The van der Waals surface area contributed by atoms with E-state index in [2.05, 4.69) is 37.3 Å². The molecule has 0 unspecified atom stereocenters. The summed E-state index contributed by atoms with van der Waals surface area (Å²) in [5.41, 5.74) is 4.62. The number of fused-ring (bicyclic) bond motifs is 2. The lowest BCUT2D eigenvalue weighted by atomic mass is 10.0. The maximum Gasteiger partial charge on any atom is 0.00867 e. The van der Waals surface area contributed by atoms with Gasteiger partial charge in [0.2, 0.25) is 0 Å². The van der Waals surface area contributed by atoms with Gasteiger partial charge in [-0.3, -0.25) is 0 Å². The van der Waals surface area contributed by atoms with E-state index < -0.39 is 0 Å². The molecule has 15 heavy (non-hydrogen) atoms. The first kappa shape index (κ1) is 9.17. The summed E-state index contributed by atoms with van der Waals surface area (Å²) in [6, 6.07) is 11.2. The fourth-order valence-electron chi connectivity index (χ4n) is 2.40. The average Bonchev–Trinajstić information content (AvgIpc) is 2.49. The van der Waals surface area contributed by atoms with Crippen molar-refractivity contribution in [1.29, 1.82) is 0 Å². The molecule has 2 aromatic rings. The number of thiophene rings is 1. The minimum atomic E-state index is 1.13. The maximum atomic E-state index is 2.36. The summed E-state index contributed by atoms with van der Waals surface area (Å²) >= 11 is 1.97. The monoisotopic (exact) mass is 214 g/mol. The molecule has 0 atom stereocenters. The molecule has 0 radical (unpaired) electrons. The first-order valence-corrected chi connectivity index (χ1v) is 6.29. The fourth-order valence-corrected chi connectivity index (χ4v) is 3.46. The zero-order valence-electron chi connectivity index (χ0n) is 8.92. The van der Waals surface area contributed by atoms with Crippen LogP contribution < -0.4 is 0 Å². The Kier molecular flexibility index (Phi) is 2.14. The maximum absolute atomic E-state index is 2.36. The molecule has 1 heterocycles. The zero-order valence-corrected chi connectivity index (χ0v) is 9.73. The normalized spacial score (nSPS) is 14.2. The molecule has 0 amide bonds. The van der Waals surface area contributed by atoms with Crippen LogP contribution >= 0.6 is 11.3 Å². The van der Waals surface area contributed by atoms with Gasteiger partial charge in [-0.1, -0.05) is 24.3 Å². The van der Waals surface area contributed by atoms with Crippen molar-refractivity contribution in [3.05, 3.63) is 56.8 Å². The Labute approximate surface area is 94.6 Å². The van der Waals surface area contributed by atoms with Crippen LogP contribution in [0.1, 0.15) is 26.4 Å². The van der Waals surface area contributed by atoms with Gasteiger partial charge in [0.15, 0.2) is 0 Å². The zero-order chi connectivity index (χ0) is 10.3. The lowest BCUT2D eigenvalue weighted by Gasteiger charge is -2.03. The third-order valence-corrected chi connectivity index (χ3v) is 4.29. The Morgan fingerprint density at radius 2 is 1.80 bits per heavy atom. The molecule has 1 heteroatoms. The summed E-state index contributed by atoms with van der Waals surface area (Å²) in [7, 11) is 0. The fraction of sp³-hybridized carbons (Fsp3) is 0.286. The van der Waals surface area contributed by atoms with Crippen molar-refractivity contribution in [2.45, 2.75) is 26.2 Å². The molecule has 0 saturated carbocycles. The van der Waals surface area contributed by atoms with Crippen molar-refractivity contribution >= 4 is 11.3 Å². The van der Waals surface area contributed by atoms with E-state index in [0.717, 1.165) is 6.42 Å². The molecule has 0 nitrogen and oxygen atoms in total. The summed E-state index contributed by atoms with van der Waals surface area (Å²) in [4.78, 5) is 3.06. The molecule has 1 aliphatic carbocycles. The van der Waals surface area contributed by atoms with Gasteiger partial charge in [-0.25, -0.2) is 0 Å². The highest BCUT2D eigenvalue weighted by molar-refractivity contribution is 7.12. The summed E-state index contributed by atoms with van der Waals surface area (Å²) < 4.78 is 0. The van der Waals surface area contributed by atoms with Crippen LogP contribution in [0.2, 0.25) is 0 Å². The van der Waals surface area contributed by atoms with Crippen molar-refractivity contribution < 1.29 is 0 Å². The predicted octanol–water partition coefficient (Wildman–Crippen LogP) is 3.75. The van der Waals surface area contributed by atoms with E-state index in [0.29, 0.717) is 0 Å². The summed E-state index contributed by atoms with van der Waals surface area (Å²) in [5.74, 6) is 0. The van der Waals surface area contributed by atoms with Gasteiger partial charge in [-0.15, -0.1) is 11.3 Å². The average molecular weight is 214 g/mol. The van der Waals surface area contributed by atoms with Crippen molar-refractivity contribution in [2.24, 2.45) is 0 Å². The van der Waals surface area contributed by atoms with E-state index in [-0.39, 0.29) is 0 Å². The minimum Gasteiger partial charge on any atom is -0.145 e. The molecule has 1 aliphatic rings. The van der Waals surface area contributed by atoms with Crippen LogP contribution in [0.3, 0.4) is 0 Å². The Hall–Kier alpha value is -1.08. The first-order valence-electron chi connectivity index (χ1n) is 5.48. The van der Waals surface area contributed by atoms with Crippen molar-refractivity contribution in [3.63, 3.8) is 0 Å². The molecule has 0 spiro atoms. The molecule has 0 N–H and O–H groups in total. The largest absolute Gasteiger partial charge is 0.145 e. The van der Waals surface area contributed by atoms with Crippen LogP contribution in [0.5, 0.6) is 0 Å². The van der Waals surface area contributed by atoms with E-state index >= 15 is 0 Å². The highest BCUT2D eigenvalue weighted by Crippen LogP contribution is 2.30. The van der Waals surface area contributed by atoms with Gasteiger partial charge in [0.1, 0.15) is 0 Å². The second-order valence-electron chi connectivity index (χ2n) is 4.25. The number of benzene rings is 1. The summed E-state index contributed by atoms with van der Waals surface area (Å²) in [5, 5.41) is 0. The van der Waals surface area contributed by atoms with Crippen LogP contribution in [-0.4, -0.2) is 0 Å². The van der Waals surface area contributed by atoms with E-state index in [4.69, 9.17) is 0 Å². The smallest absolute Gasteiger partial charge is 0.00867 e. The van der Waals surface area contributed by atoms with Crippen LogP contribution in [0.15, 0.2) is 30.3 Å². The first-order chi connectivity index (χ1) is 7.33. The molecular weight excluding hydrogens is 200 g/mol. The quantitative estimate of drug-likeness (QED) is 0.626. The second kappa shape index (κ2) is 3.49. The van der Waals surface area contributed by atoms with Gasteiger partial charge in [0.05, 0.1) is 0 Å². The van der Waals surface area contributed by atoms with Crippen molar-refractivity contribution in [1.82, 2.24) is 0 Å². The van der Waals surface area contributed by atoms with E-state index in [1.54, 1.807) is 16.0 Å². The molecule has 1 aromatic carbocycles. The lowest BCUT2D eigenvalue weighted by Crippen LogP contribution is -1.90. The SMILES string of the molecule is Cc1cc2c(s1)CCc1ccccc1C2. The topological polar surface area (TPSA) is 0 Å². The van der Waals surface area contributed by atoms with E-state index in [9.17, 15) is 0 Å². The molecule has 0 saturated heterocycles. The Bertz CT molecular complexity index is 494. The van der Waals surface area contributed by atoms with Gasteiger partial charge in [0, 0.05) is 9.75 Å².